The molecule has 0 saturated heterocycles. The van der Waals surface area contributed by atoms with Gasteiger partial charge in [-0.15, -0.1) is 11.6 Å². The first-order chi connectivity index (χ1) is 13.2. The van der Waals surface area contributed by atoms with E-state index in [0.29, 0.717) is 0 Å². The van der Waals surface area contributed by atoms with Gasteiger partial charge in [-0.1, -0.05) is 91.0 Å². The molecule has 2 nitrogen and oxygen atoms in total. The lowest BCUT2D eigenvalue weighted by atomic mass is 9.77. The highest BCUT2D eigenvalue weighted by atomic mass is 35.5. The highest BCUT2D eigenvalue weighted by Gasteiger charge is 2.38. The Labute approximate surface area is 165 Å². The Balaban J connectivity index is 2.09. The van der Waals surface area contributed by atoms with Crippen LogP contribution in [-0.4, -0.2) is 9.55 Å². The van der Waals surface area contributed by atoms with Gasteiger partial charge in [0.25, 0.3) is 0 Å². The highest BCUT2D eigenvalue weighted by Crippen LogP contribution is 2.41. The summed E-state index contributed by atoms with van der Waals surface area (Å²) in [5.41, 5.74) is 3.86. The van der Waals surface area contributed by atoms with Gasteiger partial charge in [-0.25, -0.2) is 4.98 Å². The molecule has 1 unspecified atom stereocenters. The summed E-state index contributed by atoms with van der Waals surface area (Å²) in [6.45, 7) is 1.95. The first-order valence-electron chi connectivity index (χ1n) is 9.08. The largest absolute Gasteiger partial charge is 0.319 e. The van der Waals surface area contributed by atoms with Crippen molar-refractivity contribution in [3.8, 4) is 0 Å². The molecule has 0 bridgehead atoms. The summed E-state index contributed by atoms with van der Waals surface area (Å²) in [5.74, 6) is 0. The predicted octanol–water partition coefficient (Wildman–Crippen LogP) is 6.02. The molecule has 3 heteroatoms. The van der Waals surface area contributed by atoms with Gasteiger partial charge in [0, 0.05) is 6.20 Å². The van der Waals surface area contributed by atoms with E-state index in [1.807, 2.05) is 31.5 Å². The molecule has 0 N–H and O–H groups in total. The standard InChI is InChI=1S/C24H21ClN2/c1-19(25)23-17-27(18-26-23)24(20-11-5-2-6-12-20,21-13-7-3-8-14-21)22-15-9-4-10-16-22/h2-19H,1H3. The summed E-state index contributed by atoms with van der Waals surface area (Å²) in [4.78, 5) is 4.59. The van der Waals surface area contributed by atoms with Gasteiger partial charge >= 0.3 is 0 Å². The first kappa shape index (κ1) is 17.6. The zero-order valence-electron chi connectivity index (χ0n) is 15.2. The van der Waals surface area contributed by atoms with Gasteiger partial charge in [-0.3, -0.25) is 0 Å². The molecule has 0 aliphatic heterocycles. The van der Waals surface area contributed by atoms with E-state index >= 15 is 0 Å². The molecule has 0 aliphatic rings. The number of halogens is 1. The lowest BCUT2D eigenvalue weighted by molar-refractivity contribution is 0.514. The van der Waals surface area contributed by atoms with Gasteiger partial charge in [0.15, 0.2) is 0 Å². The number of hydrogen-bond acceptors (Lipinski definition) is 1. The molecule has 4 rings (SSSR count). The van der Waals surface area contributed by atoms with Crippen LogP contribution in [-0.2, 0) is 5.54 Å². The summed E-state index contributed by atoms with van der Waals surface area (Å²) in [6.07, 6.45) is 3.95. The van der Waals surface area contributed by atoms with Crippen molar-refractivity contribution in [1.82, 2.24) is 9.55 Å². The van der Waals surface area contributed by atoms with Crippen LogP contribution in [0.2, 0.25) is 0 Å². The Bertz CT molecular complexity index is 896. The zero-order chi connectivity index (χ0) is 18.7. The average molecular weight is 373 g/mol. The number of nitrogens with zero attached hydrogens (tertiary/aromatic N) is 2. The average Bonchev–Trinajstić information content (AvgIpc) is 3.22. The van der Waals surface area contributed by atoms with Gasteiger partial charge in [0.05, 0.1) is 17.4 Å². The predicted molar refractivity (Wildman–Crippen MR) is 111 cm³/mol. The molecule has 0 spiro atoms. The molecule has 134 valence electrons. The molecule has 4 aromatic rings. The summed E-state index contributed by atoms with van der Waals surface area (Å²) >= 11 is 6.33. The van der Waals surface area contributed by atoms with Crippen molar-refractivity contribution in [2.75, 3.05) is 0 Å². The van der Waals surface area contributed by atoms with Crippen LogP contribution in [0.15, 0.2) is 104 Å². The van der Waals surface area contributed by atoms with Crippen molar-refractivity contribution in [1.29, 1.82) is 0 Å². The van der Waals surface area contributed by atoms with Crippen LogP contribution in [0.25, 0.3) is 0 Å². The molecular formula is C24H21ClN2. The van der Waals surface area contributed by atoms with Crippen LogP contribution >= 0.6 is 11.6 Å². The van der Waals surface area contributed by atoms with E-state index < -0.39 is 5.54 Å². The Kier molecular flexibility index (Phi) is 4.83. The SMILES string of the molecule is CC(Cl)c1cn(C(c2ccccc2)(c2ccccc2)c2ccccc2)cn1. The third kappa shape index (κ3) is 3.07. The molecule has 1 atom stereocenters. The second-order valence-electron chi connectivity index (χ2n) is 6.63. The van der Waals surface area contributed by atoms with Crippen molar-refractivity contribution in [3.63, 3.8) is 0 Å². The molecule has 1 aromatic heterocycles. The lowest BCUT2D eigenvalue weighted by Gasteiger charge is -2.37. The minimum absolute atomic E-state index is 0.147. The second-order valence-corrected chi connectivity index (χ2v) is 7.28. The fourth-order valence-corrected chi connectivity index (χ4v) is 3.82. The third-order valence-electron chi connectivity index (χ3n) is 4.97. The second kappa shape index (κ2) is 7.42. The summed E-state index contributed by atoms with van der Waals surface area (Å²) in [7, 11) is 0. The van der Waals surface area contributed by atoms with Crippen molar-refractivity contribution in [3.05, 3.63) is 126 Å². The highest BCUT2D eigenvalue weighted by molar-refractivity contribution is 6.20. The number of alkyl halides is 1. The van der Waals surface area contributed by atoms with Crippen LogP contribution in [0.3, 0.4) is 0 Å². The van der Waals surface area contributed by atoms with E-state index in [-0.39, 0.29) is 5.38 Å². The van der Waals surface area contributed by atoms with Crippen molar-refractivity contribution in [2.24, 2.45) is 0 Å². The number of aromatic nitrogens is 2. The molecule has 3 aromatic carbocycles. The third-order valence-corrected chi connectivity index (χ3v) is 5.20. The maximum atomic E-state index is 6.33. The Morgan fingerprint density at radius 3 is 1.48 bits per heavy atom. The van der Waals surface area contributed by atoms with Gasteiger partial charge in [-0.2, -0.15) is 0 Å². The summed E-state index contributed by atoms with van der Waals surface area (Å²) in [6, 6.07) is 31.6. The van der Waals surface area contributed by atoms with E-state index in [4.69, 9.17) is 11.6 Å². The Morgan fingerprint density at radius 1 is 0.741 bits per heavy atom. The fourth-order valence-electron chi connectivity index (χ4n) is 3.71. The first-order valence-corrected chi connectivity index (χ1v) is 9.51. The zero-order valence-corrected chi connectivity index (χ0v) is 15.9. The van der Waals surface area contributed by atoms with Crippen molar-refractivity contribution < 1.29 is 0 Å². The Morgan fingerprint density at radius 2 is 1.15 bits per heavy atom. The van der Waals surface area contributed by atoms with Gasteiger partial charge in [-0.05, 0) is 23.6 Å². The van der Waals surface area contributed by atoms with Crippen molar-refractivity contribution in [2.45, 2.75) is 17.8 Å². The number of hydrogen-bond donors (Lipinski definition) is 0. The van der Waals surface area contributed by atoms with Gasteiger partial charge in [0.2, 0.25) is 0 Å². The monoisotopic (exact) mass is 372 g/mol. The van der Waals surface area contributed by atoms with Crippen LogP contribution < -0.4 is 0 Å². The number of benzene rings is 3. The topological polar surface area (TPSA) is 17.8 Å². The van der Waals surface area contributed by atoms with Crippen LogP contribution in [0.1, 0.15) is 34.7 Å². The van der Waals surface area contributed by atoms with E-state index in [2.05, 4.69) is 88.5 Å². The molecule has 0 amide bonds. The maximum Gasteiger partial charge on any atom is 0.121 e. The van der Waals surface area contributed by atoms with Gasteiger partial charge < -0.3 is 4.57 Å². The van der Waals surface area contributed by atoms with Crippen LogP contribution in [0.4, 0.5) is 0 Å². The molecule has 27 heavy (non-hydrogen) atoms. The molecule has 0 fully saturated rings. The van der Waals surface area contributed by atoms with Crippen LogP contribution in [0, 0.1) is 0 Å². The fraction of sp³-hybridized carbons (Fsp3) is 0.125. The smallest absolute Gasteiger partial charge is 0.121 e. The van der Waals surface area contributed by atoms with E-state index in [0.717, 1.165) is 5.69 Å². The van der Waals surface area contributed by atoms with Gasteiger partial charge in [0.1, 0.15) is 5.54 Å². The molecule has 1 heterocycles. The number of imidazole rings is 1. The Hall–Kier alpha value is -2.84. The molecule has 0 aliphatic carbocycles. The molecule has 0 radical (unpaired) electrons. The van der Waals surface area contributed by atoms with Crippen molar-refractivity contribution >= 4 is 11.6 Å². The maximum absolute atomic E-state index is 6.33. The van der Waals surface area contributed by atoms with E-state index in [9.17, 15) is 0 Å². The normalized spacial score (nSPS) is 12.7. The van der Waals surface area contributed by atoms with E-state index in [1.54, 1.807) is 0 Å². The molecular weight excluding hydrogens is 352 g/mol. The number of rotatable bonds is 5. The summed E-state index contributed by atoms with van der Waals surface area (Å²) < 4.78 is 2.18. The lowest BCUT2D eigenvalue weighted by Crippen LogP contribution is -2.36. The quantitative estimate of drug-likeness (QED) is 0.309. The van der Waals surface area contributed by atoms with E-state index in [1.165, 1.54) is 16.7 Å². The van der Waals surface area contributed by atoms with Crippen LogP contribution in [0.5, 0.6) is 0 Å². The molecule has 0 saturated carbocycles. The summed E-state index contributed by atoms with van der Waals surface area (Å²) in [5, 5.41) is -0.147. The minimum atomic E-state index is -0.527. The minimum Gasteiger partial charge on any atom is -0.319 e.